The van der Waals surface area contributed by atoms with Crippen molar-refractivity contribution < 1.29 is 4.42 Å². The molecule has 2 aromatic carbocycles. The average Bonchev–Trinajstić information content (AvgIpc) is 3.17. The Labute approximate surface area is 118 Å². The minimum absolute atomic E-state index is 0.951. The Hall–Kier alpha value is -2.22. The Balaban J connectivity index is 1.85. The molecule has 20 heavy (non-hydrogen) atoms. The summed E-state index contributed by atoms with van der Waals surface area (Å²) in [6, 6.07) is 18.9. The molecule has 2 heteroatoms. The number of furan rings is 1. The van der Waals surface area contributed by atoms with Gasteiger partial charge in [0.1, 0.15) is 5.76 Å². The predicted molar refractivity (Wildman–Crippen MR) is 83.1 cm³/mol. The molecule has 0 bridgehead atoms. The second-order valence-electron chi connectivity index (χ2n) is 5.37. The third-order valence-electron chi connectivity index (χ3n) is 4.03. The molecule has 1 aromatic heterocycles. The lowest BCUT2D eigenvalue weighted by atomic mass is 10.1. The van der Waals surface area contributed by atoms with Crippen LogP contribution in [-0.4, -0.2) is 13.1 Å². The summed E-state index contributed by atoms with van der Waals surface area (Å²) >= 11 is 0. The molecule has 1 fully saturated rings. The van der Waals surface area contributed by atoms with E-state index < -0.39 is 0 Å². The van der Waals surface area contributed by atoms with Gasteiger partial charge in [-0.3, -0.25) is 0 Å². The predicted octanol–water partition coefficient (Wildman–Crippen LogP) is 4.70. The standard InChI is InChI=1S/C18H17NO/c1-2-7-14(8-3-1)17-13-15-9-6-10-16(18(15)20-17)19-11-4-5-12-19/h1-3,6-10,13H,4-5,11-12H2. The number of hydrogen-bond donors (Lipinski definition) is 0. The van der Waals surface area contributed by atoms with E-state index in [1.807, 2.05) is 18.2 Å². The monoisotopic (exact) mass is 263 g/mol. The van der Waals surface area contributed by atoms with Crippen molar-refractivity contribution in [3.05, 3.63) is 54.6 Å². The van der Waals surface area contributed by atoms with Crippen molar-refractivity contribution in [2.75, 3.05) is 18.0 Å². The first kappa shape index (κ1) is 11.6. The van der Waals surface area contributed by atoms with Gasteiger partial charge in [-0.1, -0.05) is 42.5 Å². The van der Waals surface area contributed by atoms with Crippen LogP contribution in [0.3, 0.4) is 0 Å². The zero-order valence-electron chi connectivity index (χ0n) is 11.4. The molecule has 2 nitrogen and oxygen atoms in total. The lowest BCUT2D eigenvalue weighted by molar-refractivity contribution is 0.630. The fourth-order valence-corrected chi connectivity index (χ4v) is 3.00. The third kappa shape index (κ3) is 1.88. The van der Waals surface area contributed by atoms with Gasteiger partial charge in [0.05, 0.1) is 5.69 Å². The van der Waals surface area contributed by atoms with Crippen LogP contribution in [0.1, 0.15) is 12.8 Å². The van der Waals surface area contributed by atoms with E-state index in [-0.39, 0.29) is 0 Å². The van der Waals surface area contributed by atoms with E-state index in [1.165, 1.54) is 23.9 Å². The number of hydrogen-bond acceptors (Lipinski definition) is 2. The molecule has 0 saturated carbocycles. The van der Waals surface area contributed by atoms with Crippen molar-refractivity contribution in [3.8, 4) is 11.3 Å². The fraction of sp³-hybridized carbons (Fsp3) is 0.222. The normalized spacial score (nSPS) is 15.1. The second-order valence-corrected chi connectivity index (χ2v) is 5.37. The molecule has 2 heterocycles. The number of nitrogens with zero attached hydrogens (tertiary/aromatic N) is 1. The molecule has 0 amide bonds. The van der Waals surface area contributed by atoms with Gasteiger partial charge in [-0.2, -0.15) is 0 Å². The van der Waals surface area contributed by atoms with Crippen LogP contribution in [0.4, 0.5) is 5.69 Å². The van der Waals surface area contributed by atoms with Crippen molar-refractivity contribution in [2.45, 2.75) is 12.8 Å². The van der Waals surface area contributed by atoms with Crippen molar-refractivity contribution in [3.63, 3.8) is 0 Å². The fourth-order valence-electron chi connectivity index (χ4n) is 3.00. The summed E-state index contributed by atoms with van der Waals surface area (Å²) in [5.41, 5.74) is 3.39. The van der Waals surface area contributed by atoms with Crippen LogP contribution in [0.15, 0.2) is 59.0 Å². The van der Waals surface area contributed by atoms with Gasteiger partial charge in [-0.15, -0.1) is 0 Å². The smallest absolute Gasteiger partial charge is 0.158 e. The summed E-state index contributed by atoms with van der Waals surface area (Å²) in [7, 11) is 0. The summed E-state index contributed by atoms with van der Waals surface area (Å²) in [6.45, 7) is 2.28. The highest BCUT2D eigenvalue weighted by Crippen LogP contribution is 2.35. The van der Waals surface area contributed by atoms with Gasteiger partial charge in [0, 0.05) is 24.0 Å². The van der Waals surface area contributed by atoms with Gasteiger partial charge in [0.15, 0.2) is 5.58 Å². The van der Waals surface area contributed by atoms with Crippen LogP contribution in [0.25, 0.3) is 22.3 Å². The molecule has 4 rings (SSSR count). The van der Waals surface area contributed by atoms with Gasteiger partial charge < -0.3 is 9.32 Å². The van der Waals surface area contributed by atoms with E-state index >= 15 is 0 Å². The second kappa shape index (κ2) is 4.71. The van der Waals surface area contributed by atoms with Gasteiger partial charge in [0.25, 0.3) is 0 Å². The Morgan fingerprint density at radius 3 is 2.45 bits per heavy atom. The first-order valence-corrected chi connectivity index (χ1v) is 7.25. The first-order chi connectivity index (χ1) is 9.92. The van der Waals surface area contributed by atoms with Crippen molar-refractivity contribution in [1.29, 1.82) is 0 Å². The summed E-state index contributed by atoms with van der Waals surface area (Å²) in [4.78, 5) is 2.43. The minimum atomic E-state index is 0.951. The van der Waals surface area contributed by atoms with Crippen molar-refractivity contribution >= 4 is 16.7 Å². The summed E-state index contributed by atoms with van der Waals surface area (Å²) < 4.78 is 6.16. The molecule has 1 saturated heterocycles. The third-order valence-corrected chi connectivity index (χ3v) is 4.03. The Morgan fingerprint density at radius 2 is 1.65 bits per heavy atom. The lowest BCUT2D eigenvalue weighted by Crippen LogP contribution is -2.17. The number of rotatable bonds is 2. The highest BCUT2D eigenvalue weighted by atomic mass is 16.3. The molecule has 0 N–H and O–H groups in total. The van der Waals surface area contributed by atoms with E-state index in [9.17, 15) is 0 Å². The molecular weight excluding hydrogens is 246 g/mol. The Bertz CT molecular complexity index is 724. The highest BCUT2D eigenvalue weighted by molar-refractivity contribution is 5.92. The molecule has 0 aliphatic carbocycles. The number of benzene rings is 2. The van der Waals surface area contributed by atoms with Crippen LogP contribution in [0.2, 0.25) is 0 Å². The molecule has 0 spiro atoms. The SMILES string of the molecule is c1ccc(-c2cc3cccc(N4CCCC4)c3o2)cc1. The van der Waals surface area contributed by atoms with E-state index in [0.29, 0.717) is 0 Å². The Kier molecular flexibility index (Phi) is 2.73. The maximum absolute atomic E-state index is 6.16. The molecular formula is C18H17NO. The molecule has 1 aliphatic heterocycles. The molecule has 0 unspecified atom stereocenters. The van der Waals surface area contributed by atoms with Gasteiger partial charge in [-0.05, 0) is 25.0 Å². The van der Waals surface area contributed by atoms with E-state index in [2.05, 4.69) is 41.3 Å². The topological polar surface area (TPSA) is 16.4 Å². The quantitative estimate of drug-likeness (QED) is 0.666. The van der Waals surface area contributed by atoms with Crippen LogP contribution >= 0.6 is 0 Å². The Morgan fingerprint density at radius 1 is 0.850 bits per heavy atom. The van der Waals surface area contributed by atoms with Crippen LogP contribution in [0.5, 0.6) is 0 Å². The van der Waals surface area contributed by atoms with Gasteiger partial charge >= 0.3 is 0 Å². The number of anilines is 1. The number of para-hydroxylation sites is 1. The maximum Gasteiger partial charge on any atom is 0.158 e. The molecule has 1 aliphatic rings. The first-order valence-electron chi connectivity index (χ1n) is 7.25. The van der Waals surface area contributed by atoms with Crippen molar-refractivity contribution in [2.24, 2.45) is 0 Å². The van der Waals surface area contributed by atoms with Crippen LogP contribution < -0.4 is 4.90 Å². The zero-order valence-corrected chi connectivity index (χ0v) is 11.4. The van der Waals surface area contributed by atoms with Gasteiger partial charge in [0.2, 0.25) is 0 Å². The highest BCUT2D eigenvalue weighted by Gasteiger charge is 2.17. The zero-order chi connectivity index (χ0) is 13.4. The molecule has 0 atom stereocenters. The van der Waals surface area contributed by atoms with E-state index in [0.717, 1.165) is 30.0 Å². The molecule has 0 radical (unpaired) electrons. The van der Waals surface area contributed by atoms with E-state index in [4.69, 9.17) is 4.42 Å². The summed E-state index contributed by atoms with van der Waals surface area (Å²) in [5.74, 6) is 0.951. The minimum Gasteiger partial charge on any atom is -0.454 e. The molecule has 100 valence electrons. The molecule has 3 aromatic rings. The average molecular weight is 263 g/mol. The number of fused-ring (bicyclic) bond motifs is 1. The summed E-state index contributed by atoms with van der Waals surface area (Å²) in [6.07, 6.45) is 2.56. The largest absolute Gasteiger partial charge is 0.454 e. The van der Waals surface area contributed by atoms with Gasteiger partial charge in [-0.25, -0.2) is 0 Å². The van der Waals surface area contributed by atoms with E-state index in [1.54, 1.807) is 0 Å². The maximum atomic E-state index is 6.16. The summed E-state index contributed by atoms with van der Waals surface area (Å²) in [5, 5.41) is 1.19. The lowest BCUT2D eigenvalue weighted by Gasteiger charge is -2.17. The van der Waals surface area contributed by atoms with Crippen LogP contribution in [-0.2, 0) is 0 Å². The van der Waals surface area contributed by atoms with Crippen molar-refractivity contribution in [1.82, 2.24) is 0 Å². The van der Waals surface area contributed by atoms with Crippen LogP contribution in [0, 0.1) is 0 Å².